The number of aromatic nitrogens is 1. The predicted molar refractivity (Wildman–Crippen MR) is 82.0 cm³/mol. The molecule has 0 aliphatic rings. The molecule has 1 heterocycles. The average Bonchev–Trinajstić information content (AvgIpc) is 2.51. The first-order chi connectivity index (χ1) is 10.1. The van der Waals surface area contributed by atoms with Crippen molar-refractivity contribution in [2.24, 2.45) is 5.84 Å². The Morgan fingerprint density at radius 2 is 2.00 bits per heavy atom. The summed E-state index contributed by atoms with van der Waals surface area (Å²) in [6.45, 7) is 0.780. The third kappa shape index (κ3) is 3.93. The van der Waals surface area contributed by atoms with Gasteiger partial charge in [-0.1, -0.05) is 0 Å². The molecule has 0 aliphatic heterocycles. The van der Waals surface area contributed by atoms with Gasteiger partial charge in [-0.15, -0.1) is 0 Å². The Kier molecular flexibility index (Phi) is 5.13. The minimum Gasteiger partial charge on any atom is -0.492 e. The molecule has 0 fully saturated rings. The molecule has 0 spiro atoms. The zero-order valence-corrected chi connectivity index (χ0v) is 12.7. The van der Waals surface area contributed by atoms with Gasteiger partial charge >= 0.3 is 0 Å². The van der Waals surface area contributed by atoms with Crippen molar-refractivity contribution in [1.29, 1.82) is 0 Å². The Hall–Kier alpha value is -2.12. The van der Waals surface area contributed by atoms with E-state index in [0.29, 0.717) is 28.9 Å². The fourth-order valence-corrected chi connectivity index (χ4v) is 2.11. The molecule has 1 aromatic heterocycles. The monoisotopic (exact) mass is 351 g/mol. The standard InChI is InChI=1S/C14H14BrN3O3/c15-12-2-1-7-18(14(12)20)8-9-21-11-5-3-10(4-6-11)13(19)17-16/h1-7H,8-9,16H2,(H,17,19). The molecular weight excluding hydrogens is 338 g/mol. The largest absolute Gasteiger partial charge is 0.492 e. The van der Waals surface area contributed by atoms with E-state index >= 15 is 0 Å². The summed E-state index contributed by atoms with van der Waals surface area (Å²) < 4.78 is 7.61. The summed E-state index contributed by atoms with van der Waals surface area (Å²) in [5.41, 5.74) is 2.41. The maximum atomic E-state index is 11.8. The number of pyridine rings is 1. The Bertz CT molecular complexity index is 683. The summed E-state index contributed by atoms with van der Waals surface area (Å²) in [4.78, 5) is 23.0. The second-order valence-electron chi connectivity index (χ2n) is 4.20. The van der Waals surface area contributed by atoms with Gasteiger partial charge in [0.25, 0.3) is 11.5 Å². The van der Waals surface area contributed by atoms with E-state index in [1.165, 1.54) is 0 Å². The highest BCUT2D eigenvalue weighted by Crippen LogP contribution is 2.12. The highest BCUT2D eigenvalue weighted by atomic mass is 79.9. The predicted octanol–water partition coefficient (Wildman–Crippen LogP) is 1.29. The van der Waals surface area contributed by atoms with Crippen LogP contribution < -0.4 is 21.6 Å². The second kappa shape index (κ2) is 7.05. The fraction of sp³-hybridized carbons (Fsp3) is 0.143. The smallest absolute Gasteiger partial charge is 0.265 e. The number of carbonyl (C=O) groups excluding carboxylic acids is 1. The summed E-state index contributed by atoms with van der Waals surface area (Å²) in [6, 6.07) is 10.1. The van der Waals surface area contributed by atoms with Crippen molar-refractivity contribution in [3.8, 4) is 5.75 Å². The van der Waals surface area contributed by atoms with E-state index in [-0.39, 0.29) is 11.5 Å². The molecule has 2 aromatic rings. The van der Waals surface area contributed by atoms with E-state index < -0.39 is 0 Å². The summed E-state index contributed by atoms with van der Waals surface area (Å²) >= 11 is 3.19. The SMILES string of the molecule is NNC(=O)c1ccc(OCCn2cccc(Br)c2=O)cc1. The second-order valence-corrected chi connectivity index (χ2v) is 5.06. The van der Waals surface area contributed by atoms with E-state index in [2.05, 4.69) is 21.4 Å². The first-order valence-electron chi connectivity index (χ1n) is 6.20. The van der Waals surface area contributed by atoms with Crippen molar-refractivity contribution in [2.45, 2.75) is 6.54 Å². The topological polar surface area (TPSA) is 86.3 Å². The Labute approximate surface area is 129 Å². The van der Waals surface area contributed by atoms with Crippen LogP contribution in [0.15, 0.2) is 51.9 Å². The molecule has 0 unspecified atom stereocenters. The van der Waals surface area contributed by atoms with E-state index in [4.69, 9.17) is 10.6 Å². The van der Waals surface area contributed by atoms with Gasteiger partial charge in [-0.05, 0) is 52.3 Å². The fourth-order valence-electron chi connectivity index (χ4n) is 1.73. The van der Waals surface area contributed by atoms with Crippen LogP contribution >= 0.6 is 15.9 Å². The number of nitrogen functional groups attached to an aromatic ring is 1. The molecule has 3 N–H and O–H groups in total. The Morgan fingerprint density at radius 1 is 1.29 bits per heavy atom. The van der Waals surface area contributed by atoms with Crippen molar-refractivity contribution in [2.75, 3.05) is 6.61 Å². The molecule has 0 bridgehead atoms. The van der Waals surface area contributed by atoms with Crippen LogP contribution in [0.5, 0.6) is 5.75 Å². The molecule has 0 saturated heterocycles. The molecule has 7 heteroatoms. The molecule has 1 amide bonds. The lowest BCUT2D eigenvalue weighted by Gasteiger charge is -2.09. The summed E-state index contributed by atoms with van der Waals surface area (Å²) in [5, 5.41) is 0. The van der Waals surface area contributed by atoms with Gasteiger partial charge in [0.2, 0.25) is 0 Å². The van der Waals surface area contributed by atoms with Gasteiger partial charge in [0.05, 0.1) is 11.0 Å². The first-order valence-corrected chi connectivity index (χ1v) is 7.00. The van der Waals surface area contributed by atoms with Gasteiger partial charge in [0, 0.05) is 11.8 Å². The Balaban J connectivity index is 1.93. The van der Waals surface area contributed by atoms with Crippen LogP contribution in [0.25, 0.3) is 0 Å². The summed E-state index contributed by atoms with van der Waals surface area (Å²) in [7, 11) is 0. The van der Waals surface area contributed by atoms with Gasteiger partial charge in [-0.3, -0.25) is 15.0 Å². The Morgan fingerprint density at radius 3 is 2.67 bits per heavy atom. The van der Waals surface area contributed by atoms with Crippen LogP contribution in [0.4, 0.5) is 0 Å². The molecule has 0 radical (unpaired) electrons. The zero-order valence-electron chi connectivity index (χ0n) is 11.1. The number of benzene rings is 1. The quantitative estimate of drug-likeness (QED) is 0.482. The third-order valence-corrected chi connectivity index (χ3v) is 3.43. The van der Waals surface area contributed by atoms with E-state index in [0.717, 1.165) is 0 Å². The number of amides is 1. The van der Waals surface area contributed by atoms with Gasteiger partial charge in [0.15, 0.2) is 0 Å². The first kappa shape index (κ1) is 15.3. The van der Waals surface area contributed by atoms with E-state index in [9.17, 15) is 9.59 Å². The van der Waals surface area contributed by atoms with Crippen LogP contribution in [0.2, 0.25) is 0 Å². The number of nitrogens with two attached hydrogens (primary N) is 1. The highest BCUT2D eigenvalue weighted by Gasteiger charge is 2.03. The van der Waals surface area contributed by atoms with Gasteiger partial charge in [-0.25, -0.2) is 5.84 Å². The summed E-state index contributed by atoms with van der Waals surface area (Å²) in [5.74, 6) is 5.30. The molecule has 21 heavy (non-hydrogen) atoms. The molecule has 0 atom stereocenters. The minimum atomic E-state index is -0.359. The van der Waals surface area contributed by atoms with Gasteiger partial charge in [0.1, 0.15) is 12.4 Å². The van der Waals surface area contributed by atoms with Gasteiger partial charge in [-0.2, -0.15) is 0 Å². The molecule has 1 aromatic carbocycles. The number of hydrogen-bond donors (Lipinski definition) is 2. The number of hydrazine groups is 1. The highest BCUT2D eigenvalue weighted by molar-refractivity contribution is 9.10. The molecule has 6 nitrogen and oxygen atoms in total. The van der Waals surface area contributed by atoms with Crippen LogP contribution in [-0.4, -0.2) is 17.1 Å². The molecular formula is C14H14BrN3O3. The van der Waals surface area contributed by atoms with Crippen molar-refractivity contribution < 1.29 is 9.53 Å². The van der Waals surface area contributed by atoms with Crippen LogP contribution in [0.1, 0.15) is 10.4 Å². The van der Waals surface area contributed by atoms with Crippen LogP contribution in [0, 0.1) is 0 Å². The minimum absolute atomic E-state index is 0.101. The number of nitrogens with one attached hydrogen (secondary N) is 1. The van der Waals surface area contributed by atoms with Crippen molar-refractivity contribution in [3.05, 3.63) is 63.0 Å². The normalized spacial score (nSPS) is 10.2. The molecule has 0 aliphatic carbocycles. The molecule has 110 valence electrons. The van der Waals surface area contributed by atoms with Gasteiger partial charge < -0.3 is 9.30 Å². The number of carbonyl (C=O) groups is 1. The maximum Gasteiger partial charge on any atom is 0.265 e. The van der Waals surface area contributed by atoms with Crippen molar-refractivity contribution in [3.63, 3.8) is 0 Å². The van der Waals surface area contributed by atoms with E-state index in [1.807, 2.05) is 0 Å². The summed E-state index contributed by atoms with van der Waals surface area (Å²) in [6.07, 6.45) is 1.70. The average molecular weight is 352 g/mol. The lowest BCUT2D eigenvalue weighted by molar-refractivity contribution is 0.0953. The van der Waals surface area contributed by atoms with Crippen LogP contribution in [0.3, 0.4) is 0 Å². The third-order valence-electron chi connectivity index (χ3n) is 2.82. The zero-order chi connectivity index (χ0) is 15.2. The number of ether oxygens (including phenoxy) is 1. The molecule has 2 rings (SSSR count). The van der Waals surface area contributed by atoms with Crippen molar-refractivity contribution in [1.82, 2.24) is 9.99 Å². The lowest BCUT2D eigenvalue weighted by atomic mass is 10.2. The maximum absolute atomic E-state index is 11.8. The van der Waals surface area contributed by atoms with Crippen molar-refractivity contribution >= 4 is 21.8 Å². The number of halogens is 1. The van der Waals surface area contributed by atoms with Crippen LogP contribution in [-0.2, 0) is 6.54 Å². The van der Waals surface area contributed by atoms with E-state index in [1.54, 1.807) is 47.2 Å². The number of nitrogens with zero attached hydrogens (tertiary/aromatic N) is 1. The number of hydrogen-bond acceptors (Lipinski definition) is 4. The lowest BCUT2D eigenvalue weighted by Crippen LogP contribution is -2.29. The number of rotatable bonds is 5. The molecule has 0 saturated carbocycles.